The summed E-state index contributed by atoms with van der Waals surface area (Å²) >= 11 is 6.07. The summed E-state index contributed by atoms with van der Waals surface area (Å²) in [6.45, 7) is 0.413. The van der Waals surface area contributed by atoms with E-state index in [2.05, 4.69) is 0 Å². The van der Waals surface area contributed by atoms with Crippen molar-refractivity contribution in [2.24, 2.45) is 23.5 Å². The Morgan fingerprint density at radius 1 is 1.35 bits per heavy atom. The Balaban J connectivity index is 1.65. The van der Waals surface area contributed by atoms with Crippen LogP contribution >= 0.6 is 11.6 Å². The van der Waals surface area contributed by atoms with Crippen molar-refractivity contribution in [3.05, 3.63) is 34.6 Å². The van der Waals surface area contributed by atoms with Crippen LogP contribution in [0.4, 0.5) is 4.39 Å². The number of amides is 1. The molecule has 3 nitrogen and oxygen atoms in total. The number of carbonyl (C=O) groups is 1. The summed E-state index contributed by atoms with van der Waals surface area (Å²) in [5.41, 5.74) is 7.08. The normalized spacial score (nSPS) is 30.1. The molecule has 3 rings (SSSR count). The summed E-state index contributed by atoms with van der Waals surface area (Å²) in [4.78, 5) is 14.5. The standard InChI is InChI=1S/C18H24ClFN2O/c1-22(10-13-5-6-15(20)9-16(13)19)18(23)14-7-11-3-2-4-12(8-14)17(11)21/h5-6,9,11-12,14,17H,2-4,7-8,10,21H2,1H3. The maximum atomic E-state index is 13.1. The highest BCUT2D eigenvalue weighted by atomic mass is 35.5. The van der Waals surface area contributed by atoms with E-state index in [1.165, 1.54) is 18.6 Å². The van der Waals surface area contributed by atoms with Gasteiger partial charge < -0.3 is 10.6 Å². The van der Waals surface area contributed by atoms with E-state index in [1.807, 2.05) is 0 Å². The Morgan fingerprint density at radius 3 is 2.61 bits per heavy atom. The van der Waals surface area contributed by atoms with Crippen molar-refractivity contribution in [3.63, 3.8) is 0 Å². The maximum Gasteiger partial charge on any atom is 0.225 e. The van der Waals surface area contributed by atoms with Gasteiger partial charge in [-0.1, -0.05) is 24.1 Å². The molecule has 2 atom stereocenters. The molecule has 2 fully saturated rings. The third kappa shape index (κ3) is 3.53. The minimum Gasteiger partial charge on any atom is -0.341 e. The van der Waals surface area contributed by atoms with Crippen LogP contribution in [0.25, 0.3) is 0 Å². The zero-order valence-electron chi connectivity index (χ0n) is 13.5. The van der Waals surface area contributed by atoms with Crippen molar-refractivity contribution in [2.75, 3.05) is 7.05 Å². The van der Waals surface area contributed by atoms with E-state index >= 15 is 0 Å². The molecule has 2 N–H and O–H groups in total. The molecule has 2 saturated carbocycles. The van der Waals surface area contributed by atoms with E-state index in [-0.39, 0.29) is 23.7 Å². The van der Waals surface area contributed by atoms with Gasteiger partial charge in [-0.3, -0.25) is 4.79 Å². The number of hydrogen-bond donors (Lipinski definition) is 1. The molecule has 0 radical (unpaired) electrons. The largest absolute Gasteiger partial charge is 0.341 e. The second kappa shape index (κ2) is 6.78. The predicted molar refractivity (Wildman–Crippen MR) is 89.4 cm³/mol. The lowest BCUT2D eigenvalue weighted by molar-refractivity contribution is -0.137. The highest BCUT2D eigenvalue weighted by Crippen LogP contribution is 2.42. The molecule has 0 saturated heterocycles. The summed E-state index contributed by atoms with van der Waals surface area (Å²) in [5.74, 6) is 0.837. The molecule has 1 amide bonds. The van der Waals surface area contributed by atoms with Gasteiger partial charge in [-0.2, -0.15) is 0 Å². The topological polar surface area (TPSA) is 46.3 Å². The molecule has 0 heterocycles. The van der Waals surface area contributed by atoms with Gasteiger partial charge in [0.15, 0.2) is 0 Å². The highest BCUT2D eigenvalue weighted by molar-refractivity contribution is 6.31. The molecular formula is C18H24ClFN2O. The fourth-order valence-corrected chi connectivity index (χ4v) is 4.51. The lowest BCUT2D eigenvalue weighted by Gasteiger charge is -2.44. The molecule has 0 aromatic heterocycles. The first-order valence-electron chi connectivity index (χ1n) is 8.40. The molecule has 1 aromatic carbocycles. The van der Waals surface area contributed by atoms with Crippen molar-refractivity contribution in [3.8, 4) is 0 Å². The molecule has 2 aliphatic carbocycles. The van der Waals surface area contributed by atoms with Gasteiger partial charge in [0.1, 0.15) is 5.82 Å². The third-order valence-corrected chi connectivity index (χ3v) is 5.91. The van der Waals surface area contributed by atoms with Gasteiger partial charge in [0.25, 0.3) is 0 Å². The second-order valence-electron chi connectivity index (χ2n) is 7.13. The molecule has 0 aliphatic heterocycles. The van der Waals surface area contributed by atoms with Crippen LogP contribution in [0.5, 0.6) is 0 Å². The third-order valence-electron chi connectivity index (χ3n) is 5.56. The number of hydrogen-bond acceptors (Lipinski definition) is 2. The van der Waals surface area contributed by atoms with Crippen molar-refractivity contribution in [1.29, 1.82) is 0 Å². The van der Waals surface area contributed by atoms with Crippen LogP contribution in [-0.4, -0.2) is 23.9 Å². The van der Waals surface area contributed by atoms with Gasteiger partial charge in [0.2, 0.25) is 5.91 Å². The van der Waals surface area contributed by atoms with Gasteiger partial charge >= 0.3 is 0 Å². The fourth-order valence-electron chi connectivity index (χ4n) is 4.29. The quantitative estimate of drug-likeness (QED) is 0.915. The molecule has 0 spiro atoms. The van der Waals surface area contributed by atoms with Crippen molar-refractivity contribution < 1.29 is 9.18 Å². The van der Waals surface area contributed by atoms with Gasteiger partial charge in [0.05, 0.1) is 0 Å². The molecule has 2 aliphatic rings. The molecule has 2 unspecified atom stereocenters. The predicted octanol–water partition coefficient (Wildman–Crippen LogP) is 3.59. The Bertz CT molecular complexity index is 580. The number of rotatable bonds is 3. The van der Waals surface area contributed by atoms with Crippen LogP contribution < -0.4 is 5.73 Å². The second-order valence-corrected chi connectivity index (χ2v) is 7.53. The van der Waals surface area contributed by atoms with Crippen molar-refractivity contribution in [2.45, 2.75) is 44.7 Å². The van der Waals surface area contributed by atoms with Gasteiger partial charge in [-0.15, -0.1) is 0 Å². The Hall–Kier alpha value is -1.13. The minimum absolute atomic E-state index is 0.0642. The molecule has 126 valence electrons. The van der Waals surface area contributed by atoms with Crippen LogP contribution in [0, 0.1) is 23.6 Å². The smallest absolute Gasteiger partial charge is 0.225 e. The number of carbonyl (C=O) groups excluding carboxylic acids is 1. The highest BCUT2D eigenvalue weighted by Gasteiger charge is 2.41. The van der Waals surface area contributed by atoms with Gasteiger partial charge in [-0.25, -0.2) is 4.39 Å². The van der Waals surface area contributed by atoms with Crippen LogP contribution in [0.15, 0.2) is 18.2 Å². The summed E-state index contributed by atoms with van der Waals surface area (Å²) < 4.78 is 13.1. The Kier molecular flexibility index (Phi) is 4.93. The molecular weight excluding hydrogens is 315 g/mol. The van der Waals surface area contributed by atoms with E-state index in [1.54, 1.807) is 18.0 Å². The number of benzene rings is 1. The van der Waals surface area contributed by atoms with E-state index in [0.717, 1.165) is 31.2 Å². The number of nitrogens with zero attached hydrogens (tertiary/aromatic N) is 1. The minimum atomic E-state index is -0.359. The van der Waals surface area contributed by atoms with Crippen molar-refractivity contribution in [1.82, 2.24) is 4.90 Å². The SMILES string of the molecule is CN(Cc1ccc(F)cc1Cl)C(=O)C1CC2CCCC(C1)C2N. The first kappa shape index (κ1) is 16.7. The average molecular weight is 339 g/mol. The monoisotopic (exact) mass is 338 g/mol. The van der Waals surface area contributed by atoms with Crippen LogP contribution in [0.1, 0.15) is 37.7 Å². The van der Waals surface area contributed by atoms with Crippen LogP contribution in [0.3, 0.4) is 0 Å². The number of halogens is 2. The number of nitrogens with two attached hydrogens (primary N) is 1. The Labute approximate surface area is 142 Å². The van der Waals surface area contributed by atoms with Crippen LogP contribution in [0.2, 0.25) is 5.02 Å². The van der Waals surface area contributed by atoms with Crippen molar-refractivity contribution >= 4 is 17.5 Å². The summed E-state index contributed by atoms with van der Waals surface area (Å²) in [6, 6.07) is 4.58. The Morgan fingerprint density at radius 2 is 2.00 bits per heavy atom. The lowest BCUT2D eigenvalue weighted by Crippen LogP contribution is -2.49. The summed E-state index contributed by atoms with van der Waals surface area (Å²) in [5, 5.41) is 0.368. The van der Waals surface area contributed by atoms with E-state index in [4.69, 9.17) is 17.3 Å². The summed E-state index contributed by atoms with van der Waals surface area (Å²) in [6.07, 6.45) is 5.34. The van der Waals surface area contributed by atoms with E-state index in [0.29, 0.717) is 23.4 Å². The molecule has 2 bridgehead atoms. The maximum absolute atomic E-state index is 13.1. The fraction of sp³-hybridized carbons (Fsp3) is 0.611. The zero-order valence-corrected chi connectivity index (χ0v) is 14.2. The van der Waals surface area contributed by atoms with E-state index < -0.39 is 0 Å². The molecule has 5 heteroatoms. The van der Waals surface area contributed by atoms with Gasteiger partial charge in [-0.05, 0) is 55.2 Å². The number of fused-ring (bicyclic) bond motifs is 2. The van der Waals surface area contributed by atoms with Crippen LogP contribution in [-0.2, 0) is 11.3 Å². The molecule has 23 heavy (non-hydrogen) atoms. The molecule has 1 aromatic rings. The lowest BCUT2D eigenvalue weighted by atomic mass is 9.65. The average Bonchev–Trinajstić information content (AvgIpc) is 2.49. The first-order chi connectivity index (χ1) is 11.0. The zero-order chi connectivity index (χ0) is 16.6. The van der Waals surface area contributed by atoms with Gasteiger partial charge in [0, 0.05) is 30.6 Å². The first-order valence-corrected chi connectivity index (χ1v) is 8.78. The summed E-state index contributed by atoms with van der Waals surface area (Å²) in [7, 11) is 1.80. The van der Waals surface area contributed by atoms with E-state index in [9.17, 15) is 9.18 Å².